The van der Waals surface area contributed by atoms with Crippen LogP contribution >= 0.6 is 12.4 Å². The van der Waals surface area contributed by atoms with Crippen molar-refractivity contribution >= 4 is 12.4 Å². The SMILES string of the molecule is Cl.N#Cc1ccc([C@@H]2CCON2)nc1. The third-order valence-electron chi connectivity index (χ3n) is 2.01. The number of nitrogens with one attached hydrogen (secondary N) is 1. The molecule has 0 unspecified atom stereocenters. The standard InChI is InChI=1S/C9H9N3O.ClH/c10-5-7-1-2-8(11-6-7)9-3-4-13-12-9;/h1-2,6,9,12H,3-4H2;1H/t9-;/m0./s1. The molecule has 0 aromatic carbocycles. The maximum atomic E-state index is 8.56. The van der Waals surface area contributed by atoms with E-state index in [-0.39, 0.29) is 18.4 Å². The smallest absolute Gasteiger partial charge is 0.101 e. The molecule has 1 aromatic heterocycles. The lowest BCUT2D eigenvalue weighted by molar-refractivity contribution is 0.0876. The molecule has 0 spiro atoms. The zero-order valence-corrected chi connectivity index (χ0v) is 8.25. The molecular formula is C9H10ClN3O. The molecule has 1 fully saturated rings. The molecule has 0 aliphatic carbocycles. The summed E-state index contributed by atoms with van der Waals surface area (Å²) in [5.41, 5.74) is 4.38. The summed E-state index contributed by atoms with van der Waals surface area (Å²) in [6.07, 6.45) is 2.51. The van der Waals surface area contributed by atoms with Crippen molar-refractivity contribution in [2.75, 3.05) is 6.61 Å². The number of pyridine rings is 1. The lowest BCUT2D eigenvalue weighted by Gasteiger charge is -2.06. The molecule has 0 bridgehead atoms. The van der Waals surface area contributed by atoms with Crippen LogP contribution < -0.4 is 5.48 Å². The Kier molecular flexibility index (Phi) is 3.84. The van der Waals surface area contributed by atoms with Gasteiger partial charge in [0.25, 0.3) is 0 Å². The highest BCUT2D eigenvalue weighted by atomic mass is 35.5. The van der Waals surface area contributed by atoms with E-state index in [0.717, 1.165) is 12.1 Å². The van der Waals surface area contributed by atoms with Gasteiger partial charge in [-0.05, 0) is 18.6 Å². The first kappa shape index (κ1) is 10.9. The molecule has 2 rings (SSSR count). The van der Waals surface area contributed by atoms with Crippen molar-refractivity contribution in [1.82, 2.24) is 10.5 Å². The van der Waals surface area contributed by atoms with Crippen LogP contribution in [0.25, 0.3) is 0 Å². The first-order chi connectivity index (χ1) is 6.40. The molecule has 0 amide bonds. The minimum absolute atomic E-state index is 0. The Morgan fingerprint density at radius 2 is 2.43 bits per heavy atom. The average Bonchev–Trinajstić information content (AvgIpc) is 2.71. The van der Waals surface area contributed by atoms with Gasteiger partial charge in [-0.25, -0.2) is 0 Å². The molecule has 4 nitrogen and oxygen atoms in total. The quantitative estimate of drug-likeness (QED) is 0.762. The van der Waals surface area contributed by atoms with Gasteiger partial charge in [0, 0.05) is 6.20 Å². The van der Waals surface area contributed by atoms with Gasteiger partial charge < -0.3 is 4.84 Å². The summed E-state index contributed by atoms with van der Waals surface area (Å²) in [6.45, 7) is 0.715. The molecule has 1 atom stereocenters. The van der Waals surface area contributed by atoms with Crippen LogP contribution in [0.2, 0.25) is 0 Å². The van der Waals surface area contributed by atoms with Gasteiger partial charge in [0.1, 0.15) is 6.07 Å². The maximum Gasteiger partial charge on any atom is 0.101 e. The van der Waals surface area contributed by atoms with Crippen LogP contribution in [0.15, 0.2) is 18.3 Å². The predicted molar refractivity (Wildman–Crippen MR) is 52.6 cm³/mol. The van der Waals surface area contributed by atoms with Gasteiger partial charge in [-0.2, -0.15) is 10.7 Å². The highest BCUT2D eigenvalue weighted by Crippen LogP contribution is 2.18. The molecule has 0 radical (unpaired) electrons. The first-order valence-electron chi connectivity index (χ1n) is 4.13. The fourth-order valence-electron chi connectivity index (χ4n) is 1.28. The highest BCUT2D eigenvalue weighted by molar-refractivity contribution is 5.85. The number of hydrogen-bond acceptors (Lipinski definition) is 4. The second kappa shape index (κ2) is 4.91. The summed E-state index contributed by atoms with van der Waals surface area (Å²) in [5, 5.41) is 8.56. The minimum Gasteiger partial charge on any atom is -0.301 e. The Morgan fingerprint density at radius 3 is 2.93 bits per heavy atom. The zero-order chi connectivity index (χ0) is 9.10. The molecule has 0 saturated carbocycles. The molecule has 2 heterocycles. The van der Waals surface area contributed by atoms with Crippen LogP contribution in [-0.4, -0.2) is 11.6 Å². The van der Waals surface area contributed by atoms with Crippen LogP contribution in [0.3, 0.4) is 0 Å². The molecule has 14 heavy (non-hydrogen) atoms. The van der Waals surface area contributed by atoms with Crippen molar-refractivity contribution in [3.63, 3.8) is 0 Å². The zero-order valence-electron chi connectivity index (χ0n) is 7.43. The molecule has 74 valence electrons. The summed E-state index contributed by atoms with van der Waals surface area (Å²) in [6, 6.07) is 5.82. The highest BCUT2D eigenvalue weighted by Gasteiger charge is 2.17. The minimum atomic E-state index is 0. The maximum absolute atomic E-state index is 8.56. The molecule has 1 aromatic rings. The predicted octanol–water partition coefficient (Wildman–Crippen LogP) is 1.34. The number of nitriles is 1. The summed E-state index contributed by atoms with van der Waals surface area (Å²) in [4.78, 5) is 9.18. The Labute approximate surface area is 88.3 Å². The lowest BCUT2D eigenvalue weighted by Crippen LogP contribution is -2.12. The van der Waals surface area contributed by atoms with Gasteiger partial charge in [-0.3, -0.25) is 4.98 Å². The fourth-order valence-corrected chi connectivity index (χ4v) is 1.28. The van der Waals surface area contributed by atoms with Gasteiger partial charge in [0.05, 0.1) is 23.9 Å². The van der Waals surface area contributed by atoms with Crippen LogP contribution in [-0.2, 0) is 4.84 Å². The molecule has 1 saturated heterocycles. The second-order valence-corrected chi connectivity index (χ2v) is 2.89. The molecule has 1 aliphatic heterocycles. The second-order valence-electron chi connectivity index (χ2n) is 2.89. The number of rotatable bonds is 1. The van der Waals surface area contributed by atoms with E-state index in [1.807, 2.05) is 12.1 Å². The Hall–Kier alpha value is -1.15. The van der Waals surface area contributed by atoms with Gasteiger partial charge in [-0.1, -0.05) is 0 Å². The van der Waals surface area contributed by atoms with E-state index in [4.69, 9.17) is 10.1 Å². The van der Waals surface area contributed by atoms with Crippen molar-refractivity contribution in [3.8, 4) is 6.07 Å². The van der Waals surface area contributed by atoms with Crippen molar-refractivity contribution in [1.29, 1.82) is 5.26 Å². The van der Waals surface area contributed by atoms with Crippen LogP contribution in [0.5, 0.6) is 0 Å². The van der Waals surface area contributed by atoms with E-state index in [1.165, 1.54) is 0 Å². The van der Waals surface area contributed by atoms with Gasteiger partial charge in [-0.15, -0.1) is 12.4 Å². The van der Waals surface area contributed by atoms with Crippen LogP contribution in [0, 0.1) is 11.3 Å². The lowest BCUT2D eigenvalue weighted by atomic mass is 10.1. The van der Waals surface area contributed by atoms with Gasteiger partial charge in [0.2, 0.25) is 0 Å². The van der Waals surface area contributed by atoms with Crippen molar-refractivity contribution in [2.24, 2.45) is 0 Å². The molecule has 1 aliphatic rings. The largest absolute Gasteiger partial charge is 0.301 e. The fraction of sp³-hybridized carbons (Fsp3) is 0.333. The summed E-state index contributed by atoms with van der Waals surface area (Å²) in [5.74, 6) is 0. The monoisotopic (exact) mass is 211 g/mol. The third-order valence-corrected chi connectivity index (χ3v) is 2.01. The van der Waals surface area contributed by atoms with E-state index in [9.17, 15) is 0 Å². The van der Waals surface area contributed by atoms with Crippen molar-refractivity contribution in [2.45, 2.75) is 12.5 Å². The van der Waals surface area contributed by atoms with Crippen molar-refractivity contribution < 1.29 is 4.84 Å². The summed E-state index contributed by atoms with van der Waals surface area (Å²) in [7, 11) is 0. The van der Waals surface area contributed by atoms with Crippen molar-refractivity contribution in [3.05, 3.63) is 29.6 Å². The van der Waals surface area contributed by atoms with E-state index < -0.39 is 0 Å². The van der Waals surface area contributed by atoms with Gasteiger partial charge >= 0.3 is 0 Å². The first-order valence-corrected chi connectivity index (χ1v) is 4.13. The number of nitrogens with zero attached hydrogens (tertiary/aromatic N) is 2. The molecule has 1 N–H and O–H groups in total. The Bertz CT molecular complexity index is 327. The molecule has 5 heteroatoms. The van der Waals surface area contributed by atoms with Crippen LogP contribution in [0.1, 0.15) is 23.7 Å². The number of hydroxylamine groups is 1. The summed E-state index contributed by atoms with van der Waals surface area (Å²) >= 11 is 0. The number of hydrogen-bond donors (Lipinski definition) is 1. The Morgan fingerprint density at radius 1 is 1.57 bits per heavy atom. The van der Waals surface area contributed by atoms with E-state index in [1.54, 1.807) is 12.3 Å². The molecular weight excluding hydrogens is 202 g/mol. The normalized spacial score (nSPS) is 19.8. The third kappa shape index (κ3) is 2.20. The summed E-state index contributed by atoms with van der Waals surface area (Å²) < 4.78 is 0. The van der Waals surface area contributed by atoms with Crippen LogP contribution in [0.4, 0.5) is 0 Å². The van der Waals surface area contributed by atoms with E-state index in [0.29, 0.717) is 12.2 Å². The van der Waals surface area contributed by atoms with E-state index >= 15 is 0 Å². The number of halogens is 1. The van der Waals surface area contributed by atoms with Gasteiger partial charge in [0.15, 0.2) is 0 Å². The average molecular weight is 212 g/mol. The topological polar surface area (TPSA) is 57.9 Å². The number of aromatic nitrogens is 1. The van der Waals surface area contributed by atoms with E-state index in [2.05, 4.69) is 10.5 Å². The Balaban J connectivity index is 0.000000980.